The number of hydrogen-bond acceptors (Lipinski definition) is 2. The molecule has 0 heterocycles. The van der Waals surface area contributed by atoms with Crippen LogP contribution in [-0.4, -0.2) is 56.2 Å². The van der Waals surface area contributed by atoms with Gasteiger partial charge in [-0.05, 0) is 19.1 Å². The van der Waals surface area contributed by atoms with Crippen molar-refractivity contribution in [1.82, 2.24) is 5.32 Å². The Labute approximate surface area is 104 Å². The van der Waals surface area contributed by atoms with E-state index in [9.17, 15) is 0 Å². The first kappa shape index (κ1) is 13.8. The summed E-state index contributed by atoms with van der Waals surface area (Å²) in [5, 5.41) is 4.61. The summed E-state index contributed by atoms with van der Waals surface area (Å²) in [7, 11) is 8.77. The Morgan fingerprint density at radius 2 is 1.75 bits per heavy atom. The van der Waals surface area contributed by atoms with Crippen molar-refractivity contribution in [1.29, 1.82) is 0 Å². The molecule has 1 fully saturated rings. The average molecular weight is 244 g/mol. The highest BCUT2D eigenvalue weighted by Crippen LogP contribution is 2.25. The molecule has 1 N–H and O–H groups in total. The molecule has 0 aromatic rings. The molecule has 1 aliphatic rings. The highest BCUT2D eigenvalue weighted by molar-refractivity contribution is 8.13. The van der Waals surface area contributed by atoms with Crippen LogP contribution in [0.3, 0.4) is 0 Å². The van der Waals surface area contributed by atoms with Crippen molar-refractivity contribution in [3.8, 4) is 0 Å². The zero-order chi connectivity index (χ0) is 12.2. The first-order valence-electron chi connectivity index (χ1n) is 6.05. The van der Waals surface area contributed by atoms with Crippen LogP contribution < -0.4 is 5.32 Å². The first-order chi connectivity index (χ1) is 7.47. The van der Waals surface area contributed by atoms with Gasteiger partial charge in [0.25, 0.3) is 0 Å². The minimum atomic E-state index is 0.633. The molecule has 0 atom stereocenters. The maximum Gasteiger partial charge on any atom is 0.156 e. The fourth-order valence-corrected chi connectivity index (χ4v) is 2.85. The van der Waals surface area contributed by atoms with Crippen molar-refractivity contribution in [3.63, 3.8) is 0 Å². The van der Waals surface area contributed by atoms with Gasteiger partial charge in [-0.3, -0.25) is 4.99 Å². The van der Waals surface area contributed by atoms with Crippen LogP contribution in [0.4, 0.5) is 0 Å². The van der Waals surface area contributed by atoms with Gasteiger partial charge in [0.1, 0.15) is 0 Å². The van der Waals surface area contributed by atoms with Gasteiger partial charge in [0.05, 0.1) is 27.2 Å². The lowest BCUT2D eigenvalue weighted by atomic mass is 9.90. The molecule has 0 aliphatic heterocycles. The molecular formula is C12H26N3S+. The molecule has 0 aromatic carbocycles. The normalized spacial score (nSPS) is 27.9. The van der Waals surface area contributed by atoms with Gasteiger partial charge in [0.2, 0.25) is 0 Å². The van der Waals surface area contributed by atoms with Gasteiger partial charge in [0, 0.05) is 25.9 Å². The van der Waals surface area contributed by atoms with Crippen molar-refractivity contribution in [2.24, 2.45) is 4.99 Å². The number of hydrogen-bond donors (Lipinski definition) is 1. The second-order valence-electron chi connectivity index (χ2n) is 5.50. The van der Waals surface area contributed by atoms with E-state index in [4.69, 9.17) is 0 Å². The topological polar surface area (TPSA) is 24.4 Å². The van der Waals surface area contributed by atoms with Crippen molar-refractivity contribution >= 4 is 16.9 Å². The molecule has 16 heavy (non-hydrogen) atoms. The van der Waals surface area contributed by atoms with Crippen LogP contribution in [-0.2, 0) is 0 Å². The van der Waals surface area contributed by atoms with Gasteiger partial charge >= 0.3 is 0 Å². The van der Waals surface area contributed by atoms with Gasteiger partial charge in [-0.25, -0.2) is 0 Å². The highest BCUT2D eigenvalue weighted by atomic mass is 32.2. The molecule has 4 heteroatoms. The Morgan fingerprint density at radius 3 is 2.12 bits per heavy atom. The predicted octanol–water partition coefficient (Wildman–Crippen LogP) is 1.94. The van der Waals surface area contributed by atoms with Gasteiger partial charge in [-0.2, -0.15) is 0 Å². The van der Waals surface area contributed by atoms with E-state index < -0.39 is 0 Å². The fourth-order valence-electron chi connectivity index (χ4n) is 2.38. The Kier molecular flexibility index (Phi) is 5.12. The zero-order valence-electron chi connectivity index (χ0n) is 11.3. The number of aliphatic imine (C=N–C) groups is 1. The van der Waals surface area contributed by atoms with E-state index >= 15 is 0 Å². The van der Waals surface area contributed by atoms with Gasteiger partial charge in [-0.15, -0.1) is 0 Å². The Bertz CT molecular complexity index is 237. The van der Waals surface area contributed by atoms with Gasteiger partial charge in [0.15, 0.2) is 5.17 Å². The smallest absolute Gasteiger partial charge is 0.156 e. The first-order valence-corrected chi connectivity index (χ1v) is 7.28. The summed E-state index contributed by atoms with van der Waals surface area (Å²) in [6.07, 6.45) is 7.28. The second-order valence-corrected chi connectivity index (χ2v) is 6.29. The monoisotopic (exact) mass is 244 g/mol. The van der Waals surface area contributed by atoms with E-state index in [1.54, 1.807) is 11.8 Å². The lowest BCUT2D eigenvalue weighted by Gasteiger charge is -2.39. The number of thioether (sulfide) groups is 1. The summed E-state index contributed by atoms with van der Waals surface area (Å²) in [5.41, 5.74) is 0. The lowest BCUT2D eigenvalue weighted by Crippen LogP contribution is -2.49. The summed E-state index contributed by atoms with van der Waals surface area (Å²) < 4.78 is 1.10. The van der Waals surface area contributed by atoms with Crippen LogP contribution in [0.2, 0.25) is 0 Å². The summed E-state index contributed by atoms with van der Waals surface area (Å²) >= 11 is 1.70. The van der Waals surface area contributed by atoms with E-state index in [1.165, 1.54) is 25.7 Å². The van der Waals surface area contributed by atoms with Crippen LogP contribution >= 0.6 is 11.8 Å². The van der Waals surface area contributed by atoms with Crippen molar-refractivity contribution < 1.29 is 4.48 Å². The van der Waals surface area contributed by atoms with E-state index in [0.717, 1.165) is 15.7 Å². The maximum atomic E-state index is 4.23. The minimum absolute atomic E-state index is 0.633. The molecule has 1 aliphatic carbocycles. The van der Waals surface area contributed by atoms with E-state index in [0.29, 0.717) is 6.04 Å². The fraction of sp³-hybridized carbons (Fsp3) is 0.917. The number of amidine groups is 1. The molecule has 1 saturated carbocycles. The molecule has 0 radical (unpaired) electrons. The third-order valence-corrected chi connectivity index (χ3v) is 4.20. The molecular weight excluding hydrogens is 218 g/mol. The maximum absolute atomic E-state index is 4.23. The van der Waals surface area contributed by atoms with Crippen LogP contribution in [0.15, 0.2) is 4.99 Å². The van der Waals surface area contributed by atoms with E-state index in [-0.39, 0.29) is 0 Å². The predicted molar refractivity (Wildman–Crippen MR) is 74.1 cm³/mol. The van der Waals surface area contributed by atoms with Crippen molar-refractivity contribution in [2.75, 3.05) is 34.4 Å². The molecule has 0 aromatic heterocycles. The second kappa shape index (κ2) is 5.92. The quantitative estimate of drug-likeness (QED) is 0.456. The van der Waals surface area contributed by atoms with Crippen LogP contribution in [0.1, 0.15) is 25.7 Å². The number of rotatable bonds is 2. The largest absolute Gasteiger partial charge is 0.362 e. The van der Waals surface area contributed by atoms with Gasteiger partial charge < -0.3 is 9.80 Å². The minimum Gasteiger partial charge on any atom is -0.362 e. The molecule has 1 rings (SSSR count). The van der Waals surface area contributed by atoms with Crippen molar-refractivity contribution in [2.45, 2.75) is 37.8 Å². The Hall–Kier alpha value is -0.220. The molecule has 0 bridgehead atoms. The Balaban J connectivity index is 2.38. The highest BCUT2D eigenvalue weighted by Gasteiger charge is 2.29. The summed E-state index contributed by atoms with van der Waals surface area (Å²) in [6, 6.07) is 1.46. The van der Waals surface area contributed by atoms with Crippen LogP contribution in [0, 0.1) is 0 Å². The molecule has 94 valence electrons. The molecule has 0 amide bonds. The van der Waals surface area contributed by atoms with Gasteiger partial charge in [-0.1, -0.05) is 11.8 Å². The number of nitrogens with zero attached hydrogens (tertiary/aromatic N) is 2. The number of quaternary nitrogens is 1. The van der Waals surface area contributed by atoms with Crippen LogP contribution in [0.25, 0.3) is 0 Å². The van der Waals surface area contributed by atoms with Crippen LogP contribution in [0.5, 0.6) is 0 Å². The molecule has 0 spiro atoms. The number of nitrogens with one attached hydrogen (secondary N) is 1. The average Bonchev–Trinajstić information content (AvgIpc) is 2.25. The van der Waals surface area contributed by atoms with Crippen molar-refractivity contribution in [3.05, 3.63) is 0 Å². The van der Waals surface area contributed by atoms with E-state index in [2.05, 4.69) is 37.7 Å². The molecule has 3 nitrogen and oxygen atoms in total. The third kappa shape index (κ3) is 3.98. The molecule has 0 saturated heterocycles. The standard InChI is InChI=1S/C12H26N3S/c1-13-12(16-5)14-10-6-8-11(9-7-10)15(2,3)4/h10-11H,6-9H2,1-5H3,(H,13,14)/q+1. The summed E-state index contributed by atoms with van der Waals surface area (Å²) in [4.78, 5) is 4.23. The molecule has 0 unspecified atom stereocenters. The Morgan fingerprint density at radius 1 is 1.19 bits per heavy atom. The van der Waals surface area contributed by atoms with E-state index in [1.807, 2.05) is 7.05 Å². The SMILES string of the molecule is CN=C(NC1CCC([N+](C)(C)C)CC1)SC. The third-order valence-electron chi connectivity index (χ3n) is 3.52. The summed E-state index contributed by atoms with van der Waals surface area (Å²) in [5.74, 6) is 0. The zero-order valence-corrected chi connectivity index (χ0v) is 12.1. The summed E-state index contributed by atoms with van der Waals surface area (Å²) in [6.45, 7) is 0. The lowest BCUT2D eigenvalue weighted by molar-refractivity contribution is -0.897.